The van der Waals surface area contributed by atoms with E-state index < -0.39 is 10.4 Å². The van der Waals surface area contributed by atoms with Crippen LogP contribution in [0.3, 0.4) is 0 Å². The zero-order chi connectivity index (χ0) is 10.8. The molecule has 1 aromatic carbocycles. The number of hydrogen-bond donors (Lipinski definition) is 2. The van der Waals surface area contributed by atoms with Crippen LogP contribution in [0, 0.1) is 0 Å². The van der Waals surface area contributed by atoms with E-state index in [1.165, 1.54) is 6.07 Å². The van der Waals surface area contributed by atoms with Crippen LogP contribution >= 0.6 is 35.0 Å². The van der Waals surface area contributed by atoms with Crippen molar-refractivity contribution in [1.82, 2.24) is 0 Å². The maximum atomic E-state index is 10.5. The van der Waals surface area contributed by atoms with Gasteiger partial charge in [0.2, 0.25) is 0 Å². The van der Waals surface area contributed by atoms with E-state index in [9.17, 15) is 9.90 Å². The smallest absolute Gasteiger partial charge is 0.363 e. The molecule has 0 saturated carbocycles. The normalized spacial score (nSPS) is 14.8. The summed E-state index contributed by atoms with van der Waals surface area (Å²) in [5.41, 5.74) is 0. The molecule has 76 valence electrons. The molecule has 0 saturated heterocycles. The molecule has 0 fully saturated rings. The third kappa shape index (κ3) is 3.06. The van der Waals surface area contributed by atoms with Crippen LogP contribution in [-0.2, 0) is 4.79 Å². The van der Waals surface area contributed by atoms with Crippen LogP contribution in [0.4, 0.5) is 0 Å². The molecule has 0 aliphatic heterocycles. The average Bonchev–Trinajstić information content (AvgIpc) is 2.02. The second-order valence-corrected chi connectivity index (χ2v) is 4.90. The van der Waals surface area contributed by atoms with E-state index in [1.807, 2.05) is 0 Å². The minimum absolute atomic E-state index is 0.452. The summed E-state index contributed by atoms with van der Waals surface area (Å²) in [6.07, 6.45) is 0. The van der Waals surface area contributed by atoms with Gasteiger partial charge in [0, 0.05) is 9.92 Å². The monoisotopic (exact) mass is 252 g/mol. The van der Waals surface area contributed by atoms with Gasteiger partial charge in [-0.3, -0.25) is 0 Å². The number of carbonyl (C=O) groups is 1. The van der Waals surface area contributed by atoms with Crippen molar-refractivity contribution < 1.29 is 15.0 Å². The second kappa shape index (κ2) is 4.40. The molecule has 0 aromatic heterocycles. The Hall–Kier alpha value is -0.420. The fourth-order valence-electron chi connectivity index (χ4n) is 0.730. The average molecular weight is 253 g/mol. The minimum atomic E-state index is -2.36. The van der Waals surface area contributed by atoms with Gasteiger partial charge in [0.1, 0.15) is 0 Å². The molecule has 14 heavy (non-hydrogen) atoms. The summed E-state index contributed by atoms with van der Waals surface area (Å²) >= 11 is 11.6. The van der Waals surface area contributed by atoms with Crippen molar-refractivity contribution in [2.75, 3.05) is 0 Å². The first kappa shape index (κ1) is 11.7. The highest BCUT2D eigenvalue weighted by Gasteiger charge is 2.34. The van der Waals surface area contributed by atoms with Crippen molar-refractivity contribution in [3.05, 3.63) is 29.3 Å². The summed E-state index contributed by atoms with van der Waals surface area (Å²) in [4.78, 5) is 11.0. The fraction of sp³-hybridized carbons (Fsp3) is 0.125. The van der Waals surface area contributed by atoms with E-state index in [0.29, 0.717) is 21.7 Å². The first-order valence-corrected chi connectivity index (χ1v) is 5.08. The molecule has 6 heteroatoms. The van der Waals surface area contributed by atoms with Gasteiger partial charge in [0.05, 0.1) is 0 Å². The molecule has 3 nitrogen and oxygen atoms in total. The molecule has 0 amide bonds. The summed E-state index contributed by atoms with van der Waals surface area (Å²) in [6, 6.07) is 6.40. The summed E-state index contributed by atoms with van der Waals surface area (Å²) in [5.74, 6) is -1.51. The Morgan fingerprint density at radius 1 is 1.50 bits per heavy atom. The van der Waals surface area contributed by atoms with Gasteiger partial charge in [0.15, 0.2) is 0 Å². The van der Waals surface area contributed by atoms with Gasteiger partial charge in [-0.1, -0.05) is 41.0 Å². The minimum Gasteiger partial charge on any atom is -0.477 e. The second-order valence-electron chi connectivity index (χ2n) is 2.43. The molecule has 1 aromatic rings. The van der Waals surface area contributed by atoms with E-state index >= 15 is 0 Å². The van der Waals surface area contributed by atoms with Crippen molar-refractivity contribution in [1.29, 1.82) is 0 Å². The van der Waals surface area contributed by atoms with E-state index in [0.717, 1.165) is 0 Å². The Bertz CT molecular complexity index is 354. The highest BCUT2D eigenvalue weighted by Crippen LogP contribution is 2.35. The van der Waals surface area contributed by atoms with Crippen molar-refractivity contribution in [2.24, 2.45) is 0 Å². The molecule has 0 bridgehead atoms. The molecule has 2 N–H and O–H groups in total. The molecule has 1 rings (SSSR count). The summed E-state index contributed by atoms with van der Waals surface area (Å²) < 4.78 is -2.36. The number of thioether (sulfide) groups is 1. The zero-order valence-electron chi connectivity index (χ0n) is 6.78. The molecule has 0 heterocycles. The van der Waals surface area contributed by atoms with Crippen molar-refractivity contribution >= 4 is 40.9 Å². The van der Waals surface area contributed by atoms with E-state index in [4.69, 9.17) is 28.3 Å². The van der Waals surface area contributed by atoms with Crippen LogP contribution in [0.2, 0.25) is 5.02 Å². The van der Waals surface area contributed by atoms with Crippen LogP contribution in [0.1, 0.15) is 0 Å². The number of aliphatic carboxylic acids is 1. The predicted octanol–water partition coefficient (Wildman–Crippen LogP) is 2.40. The number of hydrogen-bond acceptors (Lipinski definition) is 3. The molecular weight excluding hydrogens is 247 g/mol. The summed E-state index contributed by atoms with van der Waals surface area (Å²) in [7, 11) is 0. The topological polar surface area (TPSA) is 57.5 Å². The van der Waals surface area contributed by atoms with E-state index in [1.54, 1.807) is 18.2 Å². The number of rotatable bonds is 3. The predicted molar refractivity (Wildman–Crippen MR) is 55.7 cm³/mol. The maximum absolute atomic E-state index is 10.5. The zero-order valence-corrected chi connectivity index (χ0v) is 9.10. The van der Waals surface area contributed by atoms with Crippen molar-refractivity contribution in [3.8, 4) is 0 Å². The number of benzene rings is 1. The van der Waals surface area contributed by atoms with Crippen LogP contribution in [0.15, 0.2) is 29.2 Å². The number of carboxylic acid groups (broad SMARTS) is 1. The van der Waals surface area contributed by atoms with Crippen molar-refractivity contribution in [2.45, 2.75) is 9.29 Å². The largest absolute Gasteiger partial charge is 0.477 e. The number of halogens is 2. The van der Waals surface area contributed by atoms with Gasteiger partial charge >= 0.3 is 5.97 Å². The standard InChI is InChI=1S/C8H6Cl2O3S/c9-5-2-1-3-6(4-5)14-8(10,13)7(11)12/h1-4,13H,(H,11,12). The van der Waals surface area contributed by atoms with Gasteiger partial charge < -0.3 is 10.2 Å². The van der Waals surface area contributed by atoms with E-state index in [-0.39, 0.29) is 0 Å². The van der Waals surface area contributed by atoms with E-state index in [2.05, 4.69) is 0 Å². The maximum Gasteiger partial charge on any atom is 0.363 e. The number of aliphatic hydroxyl groups is 1. The highest BCUT2D eigenvalue weighted by atomic mass is 35.5. The van der Waals surface area contributed by atoms with Crippen LogP contribution in [-0.4, -0.2) is 20.6 Å². The summed E-state index contributed by atoms with van der Waals surface area (Å²) in [6.45, 7) is 0. The molecule has 1 unspecified atom stereocenters. The molecule has 0 aliphatic rings. The molecule has 0 aliphatic carbocycles. The Kier molecular flexibility index (Phi) is 3.66. The molecule has 0 radical (unpaired) electrons. The quantitative estimate of drug-likeness (QED) is 0.493. The van der Waals surface area contributed by atoms with Crippen LogP contribution in [0.5, 0.6) is 0 Å². The lowest BCUT2D eigenvalue weighted by atomic mass is 10.4. The first-order valence-electron chi connectivity index (χ1n) is 3.51. The van der Waals surface area contributed by atoms with Gasteiger partial charge in [-0.15, -0.1) is 0 Å². The molecular formula is C8H6Cl2O3S. The Balaban J connectivity index is 2.83. The number of carboxylic acids is 1. The Labute approximate surface area is 94.6 Å². The Morgan fingerprint density at radius 2 is 2.14 bits per heavy atom. The lowest BCUT2D eigenvalue weighted by molar-refractivity contribution is -0.144. The Morgan fingerprint density at radius 3 is 2.64 bits per heavy atom. The highest BCUT2D eigenvalue weighted by molar-refractivity contribution is 8.02. The van der Waals surface area contributed by atoms with Crippen LogP contribution < -0.4 is 0 Å². The lowest BCUT2D eigenvalue weighted by Crippen LogP contribution is -2.27. The lowest BCUT2D eigenvalue weighted by Gasteiger charge is -2.14. The molecule has 0 spiro atoms. The van der Waals surface area contributed by atoms with Gasteiger partial charge in [-0.25, -0.2) is 4.79 Å². The van der Waals surface area contributed by atoms with Gasteiger partial charge in [-0.2, -0.15) is 0 Å². The number of alkyl halides is 1. The van der Waals surface area contributed by atoms with Gasteiger partial charge in [-0.05, 0) is 18.2 Å². The fourth-order valence-corrected chi connectivity index (χ4v) is 1.98. The first-order chi connectivity index (χ1) is 6.42. The SMILES string of the molecule is O=C(O)C(O)(Cl)Sc1cccc(Cl)c1. The van der Waals surface area contributed by atoms with Gasteiger partial charge in [0.25, 0.3) is 4.39 Å². The molecule has 1 atom stereocenters. The summed E-state index contributed by atoms with van der Waals surface area (Å²) in [5, 5.41) is 18.2. The van der Waals surface area contributed by atoms with Crippen molar-refractivity contribution in [3.63, 3.8) is 0 Å². The third-order valence-corrected chi connectivity index (χ3v) is 2.88. The van der Waals surface area contributed by atoms with Crippen LogP contribution in [0.25, 0.3) is 0 Å². The third-order valence-electron chi connectivity index (χ3n) is 1.31.